The second-order valence-corrected chi connectivity index (χ2v) is 10.5. The van der Waals surface area contributed by atoms with Crippen LogP contribution in [0.1, 0.15) is 34.7 Å². The molecule has 13 heteroatoms. The Morgan fingerprint density at radius 1 is 1.07 bits per heavy atom. The van der Waals surface area contributed by atoms with Gasteiger partial charge < -0.3 is 34.3 Å². The minimum absolute atomic E-state index is 0.0483. The van der Waals surface area contributed by atoms with Gasteiger partial charge in [-0.2, -0.15) is 0 Å². The first kappa shape index (κ1) is 30.4. The normalized spacial score (nSPS) is 16.0. The average Bonchev–Trinajstić information content (AvgIpc) is 3.51. The molecule has 1 amide bonds. The van der Waals surface area contributed by atoms with Gasteiger partial charge in [0.25, 0.3) is 5.69 Å². The van der Waals surface area contributed by atoms with Crippen LogP contribution >= 0.6 is 12.2 Å². The van der Waals surface area contributed by atoms with Gasteiger partial charge in [-0.1, -0.05) is 6.07 Å². The van der Waals surface area contributed by atoms with E-state index in [0.29, 0.717) is 33.7 Å². The fraction of sp³-hybridized carbons (Fsp3) is 0.258. The zero-order chi connectivity index (χ0) is 31.5. The summed E-state index contributed by atoms with van der Waals surface area (Å²) in [7, 11) is 4.51. The second-order valence-electron chi connectivity index (χ2n) is 10.1. The van der Waals surface area contributed by atoms with Crippen LogP contribution in [0.4, 0.5) is 17.1 Å². The van der Waals surface area contributed by atoms with Gasteiger partial charge >= 0.3 is 0 Å². The van der Waals surface area contributed by atoms with E-state index in [2.05, 4.69) is 15.6 Å². The molecule has 2 atom stereocenters. The molecular formula is C31H32N6O6S. The zero-order valence-corrected chi connectivity index (χ0v) is 25.7. The molecule has 2 aromatic carbocycles. The van der Waals surface area contributed by atoms with Crippen molar-refractivity contribution in [1.29, 1.82) is 0 Å². The molecule has 0 bridgehead atoms. The monoisotopic (exact) mass is 616 g/mol. The summed E-state index contributed by atoms with van der Waals surface area (Å²) in [5.74, 6) is 0.640. The number of rotatable bonds is 10. The van der Waals surface area contributed by atoms with Crippen molar-refractivity contribution in [2.24, 2.45) is 0 Å². The number of hydrogen-bond donors (Lipinski definition) is 2. The van der Waals surface area contributed by atoms with Crippen LogP contribution in [0, 0.1) is 24.0 Å². The highest BCUT2D eigenvalue weighted by atomic mass is 32.1. The number of aryl methyl sites for hydroxylation is 1. The molecule has 0 spiro atoms. The Labute approximate surface area is 259 Å². The highest BCUT2D eigenvalue weighted by Gasteiger charge is 2.42. The Morgan fingerprint density at radius 3 is 2.48 bits per heavy atom. The van der Waals surface area contributed by atoms with Gasteiger partial charge in [0.1, 0.15) is 18.1 Å². The molecule has 0 aliphatic carbocycles. The number of methoxy groups -OCH3 is 3. The summed E-state index contributed by atoms with van der Waals surface area (Å²) >= 11 is 5.92. The Kier molecular flexibility index (Phi) is 8.78. The molecule has 44 heavy (non-hydrogen) atoms. The number of aromatic nitrogens is 2. The van der Waals surface area contributed by atoms with E-state index in [-0.39, 0.29) is 24.2 Å². The summed E-state index contributed by atoms with van der Waals surface area (Å²) in [4.78, 5) is 30.3. The lowest BCUT2D eigenvalue weighted by Crippen LogP contribution is -2.29. The summed E-state index contributed by atoms with van der Waals surface area (Å²) in [5, 5.41) is 18.4. The van der Waals surface area contributed by atoms with Crippen molar-refractivity contribution in [2.45, 2.75) is 25.9 Å². The zero-order valence-electron chi connectivity index (χ0n) is 24.9. The molecule has 1 saturated heterocycles. The molecule has 0 radical (unpaired) electrons. The predicted molar refractivity (Wildman–Crippen MR) is 170 cm³/mol. The largest absolute Gasteiger partial charge is 0.495 e. The van der Waals surface area contributed by atoms with Crippen LogP contribution in [0.2, 0.25) is 0 Å². The minimum Gasteiger partial charge on any atom is -0.495 e. The van der Waals surface area contributed by atoms with Crippen LogP contribution in [0.15, 0.2) is 66.9 Å². The van der Waals surface area contributed by atoms with Gasteiger partial charge in [-0.05, 0) is 74.1 Å². The third kappa shape index (κ3) is 5.66. The molecule has 5 rings (SSSR count). The first-order valence-corrected chi connectivity index (χ1v) is 14.1. The predicted octanol–water partition coefficient (Wildman–Crippen LogP) is 5.18. The van der Waals surface area contributed by atoms with Crippen LogP contribution in [-0.2, 0) is 9.53 Å². The molecular weight excluding hydrogens is 584 g/mol. The summed E-state index contributed by atoms with van der Waals surface area (Å²) in [6, 6.07) is 17.0. The van der Waals surface area contributed by atoms with Crippen molar-refractivity contribution in [3.63, 3.8) is 0 Å². The molecule has 1 aliphatic rings. The number of pyridine rings is 1. The number of amides is 1. The van der Waals surface area contributed by atoms with Gasteiger partial charge in [0.15, 0.2) is 5.11 Å². The van der Waals surface area contributed by atoms with Crippen LogP contribution < -0.4 is 25.0 Å². The number of ether oxygens (including phenoxy) is 3. The molecule has 228 valence electrons. The highest BCUT2D eigenvalue weighted by Crippen LogP contribution is 2.45. The van der Waals surface area contributed by atoms with E-state index in [1.807, 2.05) is 53.6 Å². The first-order chi connectivity index (χ1) is 21.2. The lowest BCUT2D eigenvalue weighted by Gasteiger charge is -2.29. The van der Waals surface area contributed by atoms with Gasteiger partial charge in [-0.15, -0.1) is 0 Å². The molecule has 0 saturated carbocycles. The third-order valence-corrected chi connectivity index (χ3v) is 7.83. The maximum absolute atomic E-state index is 12.4. The van der Waals surface area contributed by atoms with Crippen molar-refractivity contribution in [3.8, 4) is 17.2 Å². The lowest BCUT2D eigenvalue weighted by molar-refractivity contribution is -0.384. The third-order valence-electron chi connectivity index (χ3n) is 7.51. The number of nitro groups is 1. The van der Waals surface area contributed by atoms with Gasteiger partial charge in [0, 0.05) is 42.5 Å². The fourth-order valence-corrected chi connectivity index (χ4v) is 5.98. The fourth-order valence-electron chi connectivity index (χ4n) is 5.63. The van der Waals surface area contributed by atoms with E-state index in [1.165, 1.54) is 33.5 Å². The van der Waals surface area contributed by atoms with Crippen molar-refractivity contribution in [1.82, 2.24) is 14.9 Å². The number of hydrogen-bond acceptors (Lipinski definition) is 8. The van der Waals surface area contributed by atoms with E-state index in [4.69, 9.17) is 26.4 Å². The number of anilines is 2. The number of nitro benzene ring substituents is 1. The van der Waals surface area contributed by atoms with Crippen LogP contribution in [0.5, 0.6) is 11.5 Å². The maximum Gasteiger partial charge on any atom is 0.271 e. The van der Waals surface area contributed by atoms with E-state index in [9.17, 15) is 14.9 Å². The number of thiocarbonyl (C=S) groups is 1. The van der Waals surface area contributed by atoms with Crippen LogP contribution in [0.25, 0.3) is 5.69 Å². The smallest absolute Gasteiger partial charge is 0.271 e. The van der Waals surface area contributed by atoms with Crippen molar-refractivity contribution in [2.75, 3.05) is 38.2 Å². The summed E-state index contributed by atoms with van der Waals surface area (Å²) in [5.41, 5.74) is 5.04. The van der Waals surface area contributed by atoms with E-state index in [0.717, 1.165) is 22.6 Å². The van der Waals surface area contributed by atoms with Crippen LogP contribution in [0.3, 0.4) is 0 Å². The lowest BCUT2D eigenvalue weighted by atomic mass is 9.96. The van der Waals surface area contributed by atoms with Crippen molar-refractivity contribution < 1.29 is 23.9 Å². The van der Waals surface area contributed by atoms with Crippen molar-refractivity contribution >= 4 is 40.3 Å². The molecule has 0 unspecified atom stereocenters. The quantitative estimate of drug-likeness (QED) is 0.140. The van der Waals surface area contributed by atoms with Crippen LogP contribution in [-0.4, -0.2) is 53.4 Å². The van der Waals surface area contributed by atoms with Crippen molar-refractivity contribution in [3.05, 3.63) is 99.6 Å². The standard InChI is InChI=1S/C31H32N6O6S/c1-18-14-22(19(2)35(18)25-16-21(37(39)40)10-12-27(25)43-5)30-29(23-8-6-7-13-32-23)34-31(44)36(30)20-9-11-26(42-4)24(15-20)33-28(38)17-41-3/h6-16,29-30H,17H2,1-5H3,(H,33,38)(H,34,44)/t29-,30+/m0/s1. The molecule has 3 heterocycles. The van der Waals surface area contributed by atoms with Gasteiger partial charge in [0.2, 0.25) is 5.91 Å². The van der Waals surface area contributed by atoms with Gasteiger partial charge in [0.05, 0.1) is 48.3 Å². The maximum atomic E-state index is 12.4. The Bertz CT molecular complexity index is 1730. The molecule has 2 N–H and O–H groups in total. The summed E-state index contributed by atoms with van der Waals surface area (Å²) < 4.78 is 18.0. The van der Waals surface area contributed by atoms with E-state index >= 15 is 0 Å². The summed E-state index contributed by atoms with van der Waals surface area (Å²) in [6.07, 6.45) is 1.73. The minimum atomic E-state index is -0.428. The van der Waals surface area contributed by atoms with Gasteiger partial charge in [-0.3, -0.25) is 19.9 Å². The molecule has 1 fully saturated rings. The number of benzene rings is 2. The van der Waals surface area contributed by atoms with Gasteiger partial charge in [-0.25, -0.2) is 0 Å². The SMILES string of the molecule is COCC(=O)Nc1cc(N2C(=S)N[C@@H](c3ccccn3)[C@H]2c2cc(C)n(-c3cc([N+](=O)[O-])ccc3OC)c2C)ccc1OC. The Hall–Kier alpha value is -5.01. The number of non-ortho nitro benzene ring substituents is 1. The number of nitrogens with zero attached hydrogens (tertiary/aromatic N) is 4. The second kappa shape index (κ2) is 12.7. The number of carbonyl (C=O) groups excluding carboxylic acids is 1. The topological polar surface area (TPSA) is 133 Å². The van der Waals surface area contributed by atoms with E-state index < -0.39 is 11.0 Å². The first-order valence-electron chi connectivity index (χ1n) is 13.7. The van der Waals surface area contributed by atoms with E-state index in [1.54, 1.807) is 24.4 Å². The average molecular weight is 617 g/mol. The summed E-state index contributed by atoms with van der Waals surface area (Å²) in [6.45, 7) is 3.78. The number of carbonyl (C=O) groups is 1. The molecule has 1 aliphatic heterocycles. The Morgan fingerprint density at radius 2 is 1.82 bits per heavy atom. The Balaban J connectivity index is 1.68. The highest BCUT2D eigenvalue weighted by molar-refractivity contribution is 7.80. The molecule has 2 aromatic heterocycles. The molecule has 4 aromatic rings. The molecule has 12 nitrogen and oxygen atoms in total. The number of nitrogens with one attached hydrogen (secondary N) is 2.